The van der Waals surface area contributed by atoms with Crippen LogP contribution in [-0.2, 0) is 14.3 Å². The summed E-state index contributed by atoms with van der Waals surface area (Å²) in [5.74, 6) is -0.667. The topological polar surface area (TPSA) is 108 Å². The first-order chi connectivity index (χ1) is 15.9. The van der Waals surface area contributed by atoms with Crippen molar-refractivity contribution in [3.63, 3.8) is 0 Å². The molecule has 8 heteroatoms. The van der Waals surface area contributed by atoms with Crippen molar-refractivity contribution >= 4 is 17.9 Å². The summed E-state index contributed by atoms with van der Waals surface area (Å²) in [7, 11) is 0. The van der Waals surface area contributed by atoms with E-state index >= 15 is 0 Å². The fraction of sp³-hybridized carbons (Fsp3) is 0.654. The quantitative estimate of drug-likeness (QED) is 0.440. The van der Waals surface area contributed by atoms with E-state index in [1.165, 1.54) is 0 Å². The van der Waals surface area contributed by atoms with Crippen LogP contribution in [0.2, 0.25) is 0 Å². The minimum atomic E-state index is -0.863. The maximum absolute atomic E-state index is 13.9. The Bertz CT molecular complexity index is 874. The van der Waals surface area contributed by atoms with Gasteiger partial charge in [0.05, 0.1) is 0 Å². The van der Waals surface area contributed by atoms with Crippen LogP contribution in [0.5, 0.6) is 5.75 Å². The molecule has 2 rings (SSSR count). The van der Waals surface area contributed by atoms with Crippen molar-refractivity contribution in [2.24, 2.45) is 5.92 Å². The summed E-state index contributed by atoms with van der Waals surface area (Å²) in [6.45, 7) is 13.3. The number of amides is 3. The molecule has 2 atom stereocenters. The number of hydrogen-bond acceptors (Lipinski definition) is 5. The zero-order valence-corrected chi connectivity index (χ0v) is 21.6. The standard InChI is InChI=1S/C26H41N3O5/c1-8-9-14-27-23(31)22(18-10-13-20(30)17(4)15-18)29(19-11-12-19)24(32)21(16(2)3)28-25(33)34-26(5,6)7/h10,13,15-16,19,21-22,30H,8-9,11-12,14H2,1-7H3,(H,27,31)(H,28,33). The second-order valence-electron chi connectivity index (χ2n) is 10.4. The Labute approximate surface area is 203 Å². The van der Waals surface area contributed by atoms with Crippen molar-refractivity contribution in [1.82, 2.24) is 15.5 Å². The van der Waals surface area contributed by atoms with Gasteiger partial charge in [-0.15, -0.1) is 0 Å². The van der Waals surface area contributed by atoms with Gasteiger partial charge in [-0.25, -0.2) is 4.79 Å². The lowest BCUT2D eigenvalue weighted by Crippen LogP contribution is -2.55. The number of phenols is 1. The number of aromatic hydroxyl groups is 1. The maximum atomic E-state index is 13.9. The van der Waals surface area contributed by atoms with Crippen LogP contribution < -0.4 is 10.6 Å². The fourth-order valence-corrected chi connectivity index (χ4v) is 3.75. The number of unbranched alkanes of at least 4 members (excludes halogenated alkanes) is 1. The normalized spacial score (nSPS) is 15.4. The van der Waals surface area contributed by atoms with E-state index in [-0.39, 0.29) is 29.5 Å². The number of alkyl carbamates (subject to hydrolysis) is 1. The van der Waals surface area contributed by atoms with Crippen LogP contribution in [0.1, 0.15) is 84.4 Å². The molecule has 0 heterocycles. The number of rotatable bonds is 10. The number of carbonyl (C=O) groups excluding carboxylic acids is 3. The number of benzene rings is 1. The van der Waals surface area contributed by atoms with Gasteiger partial charge in [0.15, 0.2) is 0 Å². The number of carbonyl (C=O) groups is 3. The number of aryl methyl sites for hydroxylation is 1. The van der Waals surface area contributed by atoms with Gasteiger partial charge in [-0.1, -0.05) is 33.3 Å². The number of ether oxygens (including phenoxy) is 1. The molecule has 1 aliphatic rings. The van der Waals surface area contributed by atoms with Crippen LogP contribution in [0.3, 0.4) is 0 Å². The second-order valence-corrected chi connectivity index (χ2v) is 10.4. The monoisotopic (exact) mass is 475 g/mol. The number of phenolic OH excluding ortho intramolecular Hbond substituents is 1. The molecule has 190 valence electrons. The molecule has 0 aromatic heterocycles. The van der Waals surface area contributed by atoms with Gasteiger partial charge in [-0.3, -0.25) is 9.59 Å². The van der Waals surface area contributed by atoms with E-state index in [9.17, 15) is 19.5 Å². The lowest BCUT2D eigenvalue weighted by molar-refractivity contribution is -0.144. The molecule has 3 amide bonds. The molecule has 1 aliphatic carbocycles. The highest BCUT2D eigenvalue weighted by atomic mass is 16.6. The van der Waals surface area contributed by atoms with E-state index in [0.717, 1.165) is 25.7 Å². The van der Waals surface area contributed by atoms with E-state index in [1.807, 2.05) is 20.8 Å². The molecule has 0 saturated heterocycles. The van der Waals surface area contributed by atoms with Crippen LogP contribution in [0, 0.1) is 12.8 Å². The first-order valence-electron chi connectivity index (χ1n) is 12.2. The lowest BCUT2D eigenvalue weighted by Gasteiger charge is -2.36. The van der Waals surface area contributed by atoms with Crippen LogP contribution >= 0.6 is 0 Å². The third-order valence-electron chi connectivity index (χ3n) is 5.69. The van der Waals surface area contributed by atoms with Gasteiger partial charge in [0.25, 0.3) is 0 Å². The molecule has 0 spiro atoms. The number of nitrogens with one attached hydrogen (secondary N) is 2. The molecule has 1 aromatic rings. The van der Waals surface area contributed by atoms with Gasteiger partial charge in [0, 0.05) is 12.6 Å². The minimum Gasteiger partial charge on any atom is -0.508 e. The highest BCUT2D eigenvalue weighted by molar-refractivity contribution is 5.92. The smallest absolute Gasteiger partial charge is 0.408 e. The van der Waals surface area contributed by atoms with Gasteiger partial charge in [-0.2, -0.15) is 0 Å². The van der Waals surface area contributed by atoms with Gasteiger partial charge in [0.1, 0.15) is 23.4 Å². The minimum absolute atomic E-state index is 0.0924. The van der Waals surface area contributed by atoms with Crippen molar-refractivity contribution in [3.8, 4) is 5.75 Å². The van der Waals surface area contributed by atoms with Gasteiger partial charge in [-0.05, 0) is 76.1 Å². The zero-order chi connectivity index (χ0) is 25.6. The summed E-state index contributed by atoms with van der Waals surface area (Å²) in [4.78, 5) is 41.4. The number of hydrogen-bond donors (Lipinski definition) is 3. The molecular weight excluding hydrogens is 434 g/mol. The Kier molecular flexibility index (Phi) is 9.36. The van der Waals surface area contributed by atoms with Crippen LogP contribution in [0.4, 0.5) is 4.79 Å². The molecular formula is C26H41N3O5. The average molecular weight is 476 g/mol. The van der Waals surface area contributed by atoms with Crippen molar-refractivity contribution in [2.75, 3.05) is 6.54 Å². The third-order valence-corrected chi connectivity index (χ3v) is 5.69. The zero-order valence-electron chi connectivity index (χ0n) is 21.6. The summed E-state index contributed by atoms with van der Waals surface area (Å²) in [5, 5.41) is 15.7. The first kappa shape index (κ1) is 27.5. The molecule has 1 aromatic carbocycles. The molecule has 0 radical (unpaired) electrons. The fourth-order valence-electron chi connectivity index (χ4n) is 3.75. The molecule has 8 nitrogen and oxygen atoms in total. The Morgan fingerprint density at radius 1 is 1.21 bits per heavy atom. The van der Waals surface area contributed by atoms with Crippen molar-refractivity contribution in [1.29, 1.82) is 0 Å². The summed E-state index contributed by atoms with van der Waals surface area (Å²) in [6, 6.07) is 3.17. The third kappa shape index (κ3) is 7.64. The Hall–Kier alpha value is -2.77. The number of nitrogens with zero attached hydrogens (tertiary/aromatic N) is 1. The largest absolute Gasteiger partial charge is 0.508 e. The highest BCUT2D eigenvalue weighted by Gasteiger charge is 2.44. The molecule has 3 N–H and O–H groups in total. The van der Waals surface area contributed by atoms with E-state index in [0.29, 0.717) is 17.7 Å². The van der Waals surface area contributed by atoms with Crippen molar-refractivity contribution < 1.29 is 24.2 Å². The van der Waals surface area contributed by atoms with Crippen molar-refractivity contribution in [2.45, 2.75) is 97.9 Å². The second kappa shape index (κ2) is 11.6. The van der Waals surface area contributed by atoms with Crippen LogP contribution in [0.15, 0.2) is 18.2 Å². The van der Waals surface area contributed by atoms with E-state index in [4.69, 9.17) is 4.74 Å². The highest BCUT2D eigenvalue weighted by Crippen LogP contribution is 2.37. The van der Waals surface area contributed by atoms with Gasteiger partial charge < -0.3 is 25.4 Å². The van der Waals surface area contributed by atoms with Gasteiger partial charge in [0.2, 0.25) is 11.8 Å². The summed E-state index contributed by atoms with van der Waals surface area (Å²) in [5.41, 5.74) is 0.555. The lowest BCUT2D eigenvalue weighted by atomic mass is 9.97. The first-order valence-corrected chi connectivity index (χ1v) is 12.2. The Morgan fingerprint density at radius 3 is 2.35 bits per heavy atom. The van der Waals surface area contributed by atoms with Gasteiger partial charge >= 0.3 is 6.09 Å². The van der Waals surface area contributed by atoms with Crippen LogP contribution in [-0.4, -0.2) is 52.1 Å². The van der Waals surface area contributed by atoms with E-state index < -0.39 is 23.8 Å². The summed E-state index contributed by atoms with van der Waals surface area (Å²) in [6.07, 6.45) is 2.68. The predicted molar refractivity (Wildman–Crippen MR) is 131 cm³/mol. The maximum Gasteiger partial charge on any atom is 0.408 e. The molecule has 2 unspecified atom stereocenters. The Morgan fingerprint density at radius 2 is 1.85 bits per heavy atom. The SMILES string of the molecule is CCCCNC(=O)C(c1ccc(O)c(C)c1)N(C(=O)C(NC(=O)OC(C)(C)C)C(C)C)C1CC1. The summed E-state index contributed by atoms with van der Waals surface area (Å²) >= 11 is 0. The molecule has 1 saturated carbocycles. The van der Waals surface area contributed by atoms with E-state index in [1.54, 1.807) is 50.8 Å². The molecule has 34 heavy (non-hydrogen) atoms. The summed E-state index contributed by atoms with van der Waals surface area (Å²) < 4.78 is 5.38. The Balaban J connectivity index is 2.42. The molecule has 1 fully saturated rings. The van der Waals surface area contributed by atoms with Crippen molar-refractivity contribution in [3.05, 3.63) is 29.3 Å². The molecule has 0 aliphatic heterocycles. The average Bonchev–Trinajstić information content (AvgIpc) is 3.55. The van der Waals surface area contributed by atoms with E-state index in [2.05, 4.69) is 10.6 Å². The predicted octanol–water partition coefficient (Wildman–Crippen LogP) is 4.20. The van der Waals surface area contributed by atoms with Crippen LogP contribution in [0.25, 0.3) is 0 Å². The molecule has 0 bridgehead atoms.